The highest BCUT2D eigenvalue weighted by molar-refractivity contribution is 5.48. The van der Waals surface area contributed by atoms with Gasteiger partial charge in [0.05, 0.1) is 14.2 Å². The van der Waals surface area contributed by atoms with Gasteiger partial charge in [-0.25, -0.2) is 0 Å². The van der Waals surface area contributed by atoms with E-state index in [2.05, 4.69) is 31.3 Å². The summed E-state index contributed by atoms with van der Waals surface area (Å²) in [5, 5.41) is 3.72. The average Bonchev–Trinajstić information content (AvgIpc) is 2.41. The molecule has 1 aromatic rings. The molecule has 1 N–H and O–H groups in total. The predicted octanol–water partition coefficient (Wildman–Crippen LogP) is 3.85. The van der Waals surface area contributed by atoms with Crippen LogP contribution in [0.3, 0.4) is 0 Å². The van der Waals surface area contributed by atoms with Crippen LogP contribution in [0.4, 0.5) is 0 Å². The summed E-state index contributed by atoms with van der Waals surface area (Å²) in [6.07, 6.45) is 5.18. The van der Waals surface area contributed by atoms with Gasteiger partial charge in [0.25, 0.3) is 0 Å². The number of rotatable bonds is 7. The zero-order valence-electron chi connectivity index (χ0n) is 13.2. The number of hydrogen-bond donors (Lipinski definition) is 1. The molecule has 1 saturated carbocycles. The topological polar surface area (TPSA) is 30.5 Å². The summed E-state index contributed by atoms with van der Waals surface area (Å²) in [4.78, 5) is 0. The first-order valence-electron chi connectivity index (χ1n) is 7.67. The van der Waals surface area contributed by atoms with Crippen molar-refractivity contribution in [3.8, 4) is 11.5 Å². The van der Waals surface area contributed by atoms with Crippen molar-refractivity contribution in [3.05, 3.63) is 23.3 Å². The molecule has 0 aromatic heterocycles. The fourth-order valence-electron chi connectivity index (χ4n) is 2.93. The van der Waals surface area contributed by atoms with Crippen molar-refractivity contribution in [1.29, 1.82) is 0 Å². The second kappa shape index (κ2) is 6.98. The SMILES string of the molecule is CCCNC(c1cc(OC)c(OC)cc1C)C1CCC1. The van der Waals surface area contributed by atoms with Gasteiger partial charge in [-0.3, -0.25) is 0 Å². The van der Waals surface area contributed by atoms with Gasteiger partial charge >= 0.3 is 0 Å². The number of methoxy groups -OCH3 is 2. The second-order valence-corrected chi connectivity index (χ2v) is 5.69. The van der Waals surface area contributed by atoms with Gasteiger partial charge in [-0.15, -0.1) is 0 Å². The normalized spacial score (nSPS) is 16.6. The van der Waals surface area contributed by atoms with Crippen LogP contribution in [0.5, 0.6) is 11.5 Å². The zero-order valence-corrected chi connectivity index (χ0v) is 13.2. The van der Waals surface area contributed by atoms with E-state index in [1.807, 2.05) is 0 Å². The molecule has 1 unspecified atom stereocenters. The Hall–Kier alpha value is -1.22. The summed E-state index contributed by atoms with van der Waals surface area (Å²) in [7, 11) is 3.39. The average molecular weight is 277 g/mol. The van der Waals surface area contributed by atoms with Crippen molar-refractivity contribution in [2.24, 2.45) is 5.92 Å². The molecule has 0 aliphatic heterocycles. The van der Waals surface area contributed by atoms with E-state index in [1.165, 1.54) is 30.4 Å². The maximum atomic E-state index is 5.47. The Morgan fingerprint density at radius 3 is 2.35 bits per heavy atom. The third-order valence-electron chi connectivity index (χ3n) is 4.34. The van der Waals surface area contributed by atoms with E-state index in [1.54, 1.807) is 14.2 Å². The van der Waals surface area contributed by atoms with E-state index in [-0.39, 0.29) is 0 Å². The van der Waals surface area contributed by atoms with Crippen LogP contribution >= 0.6 is 0 Å². The van der Waals surface area contributed by atoms with Gasteiger partial charge in [0, 0.05) is 6.04 Å². The standard InChI is InChI=1S/C17H27NO2/c1-5-9-18-17(13-7-6-8-13)14-11-16(20-4)15(19-3)10-12(14)2/h10-11,13,17-18H,5-9H2,1-4H3. The first-order valence-corrected chi connectivity index (χ1v) is 7.67. The third kappa shape index (κ3) is 3.09. The minimum absolute atomic E-state index is 0.448. The molecule has 1 aliphatic carbocycles. The van der Waals surface area contributed by atoms with Crippen LogP contribution in [-0.2, 0) is 0 Å². The number of ether oxygens (including phenoxy) is 2. The van der Waals surface area contributed by atoms with E-state index >= 15 is 0 Å². The molecule has 0 spiro atoms. The van der Waals surface area contributed by atoms with Gasteiger partial charge < -0.3 is 14.8 Å². The van der Waals surface area contributed by atoms with Crippen LogP contribution in [0, 0.1) is 12.8 Å². The van der Waals surface area contributed by atoms with Crippen molar-refractivity contribution >= 4 is 0 Å². The van der Waals surface area contributed by atoms with Crippen molar-refractivity contribution in [3.63, 3.8) is 0 Å². The molecule has 0 heterocycles. The highest BCUT2D eigenvalue weighted by Crippen LogP contribution is 2.41. The Kier molecular flexibility index (Phi) is 5.30. The van der Waals surface area contributed by atoms with Gasteiger partial charge in [-0.2, -0.15) is 0 Å². The third-order valence-corrected chi connectivity index (χ3v) is 4.34. The summed E-state index contributed by atoms with van der Waals surface area (Å²) in [6, 6.07) is 4.69. The molecule has 1 atom stereocenters. The van der Waals surface area contributed by atoms with Crippen molar-refractivity contribution < 1.29 is 9.47 Å². The molecule has 0 bridgehead atoms. The lowest BCUT2D eigenvalue weighted by Crippen LogP contribution is -2.33. The minimum Gasteiger partial charge on any atom is -0.493 e. The Balaban J connectivity index is 2.31. The Morgan fingerprint density at radius 1 is 1.20 bits per heavy atom. The Morgan fingerprint density at radius 2 is 1.85 bits per heavy atom. The van der Waals surface area contributed by atoms with E-state index in [4.69, 9.17) is 9.47 Å². The lowest BCUT2D eigenvalue weighted by Gasteiger charge is -2.36. The van der Waals surface area contributed by atoms with E-state index in [0.717, 1.165) is 30.4 Å². The molecule has 1 aliphatic rings. The lowest BCUT2D eigenvalue weighted by atomic mass is 9.76. The fraction of sp³-hybridized carbons (Fsp3) is 0.647. The largest absolute Gasteiger partial charge is 0.493 e. The highest BCUT2D eigenvalue weighted by atomic mass is 16.5. The molecular weight excluding hydrogens is 250 g/mol. The molecule has 0 amide bonds. The smallest absolute Gasteiger partial charge is 0.161 e. The van der Waals surface area contributed by atoms with E-state index in [0.29, 0.717) is 6.04 Å². The van der Waals surface area contributed by atoms with Gasteiger partial charge in [0.2, 0.25) is 0 Å². The van der Waals surface area contributed by atoms with Crippen molar-refractivity contribution in [1.82, 2.24) is 5.32 Å². The van der Waals surface area contributed by atoms with Crippen LogP contribution in [0.2, 0.25) is 0 Å². The molecule has 20 heavy (non-hydrogen) atoms. The summed E-state index contributed by atoms with van der Waals surface area (Å²) in [5.41, 5.74) is 2.64. The van der Waals surface area contributed by atoms with Crippen LogP contribution in [0.25, 0.3) is 0 Å². The summed E-state index contributed by atoms with van der Waals surface area (Å²) in [6.45, 7) is 5.44. The zero-order chi connectivity index (χ0) is 14.5. The number of nitrogens with one attached hydrogen (secondary N) is 1. The molecule has 3 nitrogen and oxygen atoms in total. The monoisotopic (exact) mass is 277 g/mol. The second-order valence-electron chi connectivity index (χ2n) is 5.69. The Labute approximate surface area is 122 Å². The van der Waals surface area contributed by atoms with Gasteiger partial charge in [0.1, 0.15) is 0 Å². The van der Waals surface area contributed by atoms with Crippen molar-refractivity contribution in [2.45, 2.75) is 45.6 Å². The van der Waals surface area contributed by atoms with Gasteiger partial charge in [0.15, 0.2) is 11.5 Å². The summed E-state index contributed by atoms with van der Waals surface area (Å²) < 4.78 is 10.9. The molecule has 112 valence electrons. The molecule has 1 fully saturated rings. The molecule has 1 aromatic carbocycles. The number of hydrogen-bond acceptors (Lipinski definition) is 3. The van der Waals surface area contributed by atoms with Crippen LogP contribution in [-0.4, -0.2) is 20.8 Å². The molecule has 0 radical (unpaired) electrons. The van der Waals surface area contributed by atoms with Gasteiger partial charge in [-0.1, -0.05) is 13.3 Å². The molecule has 0 saturated heterocycles. The fourth-order valence-corrected chi connectivity index (χ4v) is 2.93. The molecular formula is C17H27NO2. The van der Waals surface area contributed by atoms with Crippen LogP contribution in [0.15, 0.2) is 12.1 Å². The number of benzene rings is 1. The highest BCUT2D eigenvalue weighted by Gasteiger charge is 2.29. The van der Waals surface area contributed by atoms with Gasteiger partial charge in [-0.05, 0) is 61.9 Å². The van der Waals surface area contributed by atoms with E-state index in [9.17, 15) is 0 Å². The molecule has 3 heteroatoms. The summed E-state index contributed by atoms with van der Waals surface area (Å²) >= 11 is 0. The van der Waals surface area contributed by atoms with E-state index < -0.39 is 0 Å². The molecule has 2 rings (SSSR count). The maximum Gasteiger partial charge on any atom is 0.161 e. The van der Waals surface area contributed by atoms with Crippen LogP contribution in [0.1, 0.15) is 49.8 Å². The Bertz CT molecular complexity index is 441. The minimum atomic E-state index is 0.448. The first-order chi connectivity index (χ1) is 9.71. The summed E-state index contributed by atoms with van der Waals surface area (Å²) in [5.74, 6) is 2.41. The maximum absolute atomic E-state index is 5.47. The predicted molar refractivity (Wildman–Crippen MR) is 82.7 cm³/mol. The number of aryl methyl sites for hydroxylation is 1. The quantitative estimate of drug-likeness (QED) is 0.821. The van der Waals surface area contributed by atoms with Crippen LogP contribution < -0.4 is 14.8 Å². The first kappa shape index (κ1) is 15.2. The lowest BCUT2D eigenvalue weighted by molar-refractivity contribution is 0.230. The van der Waals surface area contributed by atoms with Crippen molar-refractivity contribution in [2.75, 3.05) is 20.8 Å².